The summed E-state index contributed by atoms with van der Waals surface area (Å²) in [6, 6.07) is 7.44. The first kappa shape index (κ1) is 14.5. The van der Waals surface area contributed by atoms with E-state index >= 15 is 0 Å². The number of anilines is 1. The average molecular weight is 250 g/mol. The standard InChI is InChI=1S/C14H22N2O2/c1-4-15-13-7-5-12(6-8-13)14(18)16(3)10-9-11(2)17/h5-8,11,15,17H,4,9-10H2,1-3H3. The number of carbonyl (C=O) groups excluding carboxylic acids is 1. The van der Waals surface area contributed by atoms with E-state index < -0.39 is 0 Å². The fourth-order valence-electron chi connectivity index (χ4n) is 1.64. The summed E-state index contributed by atoms with van der Waals surface area (Å²) in [7, 11) is 1.75. The summed E-state index contributed by atoms with van der Waals surface area (Å²) in [4.78, 5) is 13.7. The van der Waals surface area contributed by atoms with Crippen LogP contribution < -0.4 is 5.32 Å². The predicted molar refractivity (Wildman–Crippen MR) is 73.9 cm³/mol. The van der Waals surface area contributed by atoms with Gasteiger partial charge in [0.25, 0.3) is 5.91 Å². The van der Waals surface area contributed by atoms with Gasteiger partial charge in [0, 0.05) is 31.4 Å². The van der Waals surface area contributed by atoms with Crippen LogP contribution in [0.25, 0.3) is 0 Å². The van der Waals surface area contributed by atoms with Crippen molar-refractivity contribution in [1.82, 2.24) is 4.90 Å². The van der Waals surface area contributed by atoms with Crippen molar-refractivity contribution in [3.63, 3.8) is 0 Å². The number of hydrogen-bond donors (Lipinski definition) is 2. The molecule has 0 fully saturated rings. The Morgan fingerprint density at radius 2 is 2.00 bits per heavy atom. The molecular formula is C14H22N2O2. The van der Waals surface area contributed by atoms with Crippen LogP contribution in [0.5, 0.6) is 0 Å². The van der Waals surface area contributed by atoms with Crippen LogP contribution in [0.4, 0.5) is 5.69 Å². The smallest absolute Gasteiger partial charge is 0.253 e. The van der Waals surface area contributed by atoms with Crippen LogP contribution in [0, 0.1) is 0 Å². The van der Waals surface area contributed by atoms with E-state index in [1.165, 1.54) is 0 Å². The van der Waals surface area contributed by atoms with Crippen LogP contribution in [-0.2, 0) is 0 Å². The minimum Gasteiger partial charge on any atom is -0.393 e. The average Bonchev–Trinajstić information content (AvgIpc) is 2.36. The summed E-state index contributed by atoms with van der Waals surface area (Å²) < 4.78 is 0. The van der Waals surface area contributed by atoms with Gasteiger partial charge in [-0.1, -0.05) is 0 Å². The number of nitrogens with one attached hydrogen (secondary N) is 1. The van der Waals surface area contributed by atoms with E-state index in [1.54, 1.807) is 18.9 Å². The van der Waals surface area contributed by atoms with Gasteiger partial charge in [-0.25, -0.2) is 0 Å². The minimum absolute atomic E-state index is 0.0151. The Morgan fingerprint density at radius 3 is 2.50 bits per heavy atom. The van der Waals surface area contributed by atoms with Crippen LogP contribution in [0.1, 0.15) is 30.6 Å². The normalized spacial score (nSPS) is 12.0. The fraction of sp³-hybridized carbons (Fsp3) is 0.500. The summed E-state index contributed by atoms with van der Waals surface area (Å²) in [5.74, 6) is -0.0151. The van der Waals surface area contributed by atoms with Gasteiger partial charge in [-0.2, -0.15) is 0 Å². The summed E-state index contributed by atoms with van der Waals surface area (Å²) in [6.07, 6.45) is 0.217. The predicted octanol–water partition coefficient (Wildman–Crippen LogP) is 1.96. The van der Waals surface area contributed by atoms with Gasteiger partial charge in [-0.15, -0.1) is 0 Å². The number of hydrogen-bond acceptors (Lipinski definition) is 3. The highest BCUT2D eigenvalue weighted by atomic mass is 16.3. The Kier molecular flexibility index (Phi) is 5.65. The van der Waals surface area contributed by atoms with Crippen LogP contribution in [0.3, 0.4) is 0 Å². The first-order valence-corrected chi connectivity index (χ1v) is 6.32. The zero-order valence-electron chi connectivity index (χ0n) is 11.3. The molecule has 0 aromatic heterocycles. The number of rotatable bonds is 6. The molecule has 1 amide bonds. The van der Waals surface area contributed by atoms with Gasteiger partial charge in [-0.05, 0) is 44.5 Å². The fourth-order valence-corrected chi connectivity index (χ4v) is 1.64. The molecule has 100 valence electrons. The first-order valence-electron chi connectivity index (χ1n) is 6.32. The third-order valence-corrected chi connectivity index (χ3v) is 2.74. The Hall–Kier alpha value is -1.55. The number of benzene rings is 1. The van der Waals surface area contributed by atoms with Crippen molar-refractivity contribution in [2.45, 2.75) is 26.4 Å². The second-order valence-electron chi connectivity index (χ2n) is 4.47. The van der Waals surface area contributed by atoms with Gasteiger partial charge in [-0.3, -0.25) is 4.79 Å². The Balaban J connectivity index is 2.60. The molecule has 1 aromatic rings. The Labute approximate surface area is 109 Å². The van der Waals surface area contributed by atoms with Gasteiger partial charge in [0.1, 0.15) is 0 Å². The molecule has 18 heavy (non-hydrogen) atoms. The first-order chi connectivity index (χ1) is 8.54. The number of aliphatic hydroxyl groups excluding tert-OH is 1. The van der Waals surface area contributed by atoms with Crippen molar-refractivity contribution in [1.29, 1.82) is 0 Å². The molecule has 0 radical (unpaired) electrons. The zero-order chi connectivity index (χ0) is 13.5. The number of carbonyl (C=O) groups is 1. The number of nitrogens with zero attached hydrogens (tertiary/aromatic N) is 1. The van der Waals surface area contributed by atoms with Crippen molar-refractivity contribution in [3.05, 3.63) is 29.8 Å². The van der Waals surface area contributed by atoms with Gasteiger partial charge in [0.15, 0.2) is 0 Å². The quantitative estimate of drug-likeness (QED) is 0.811. The van der Waals surface area contributed by atoms with Gasteiger partial charge in [0.2, 0.25) is 0 Å². The van der Waals surface area contributed by atoms with E-state index in [4.69, 9.17) is 0 Å². The SMILES string of the molecule is CCNc1ccc(C(=O)N(C)CCC(C)O)cc1. The highest BCUT2D eigenvalue weighted by molar-refractivity contribution is 5.94. The third kappa shape index (κ3) is 4.37. The Bertz CT molecular complexity index is 374. The van der Waals surface area contributed by atoms with Crippen LogP contribution in [0.15, 0.2) is 24.3 Å². The second kappa shape index (κ2) is 7.01. The molecule has 4 heteroatoms. The van der Waals surface area contributed by atoms with E-state index in [2.05, 4.69) is 5.32 Å². The molecule has 1 atom stereocenters. The number of aliphatic hydroxyl groups is 1. The molecule has 0 bridgehead atoms. The van der Waals surface area contributed by atoms with Crippen molar-refractivity contribution >= 4 is 11.6 Å². The lowest BCUT2D eigenvalue weighted by atomic mass is 10.1. The van der Waals surface area contributed by atoms with Crippen LogP contribution in [0.2, 0.25) is 0 Å². The summed E-state index contributed by atoms with van der Waals surface area (Å²) >= 11 is 0. The molecule has 1 aromatic carbocycles. The van der Waals surface area contributed by atoms with E-state index in [0.29, 0.717) is 18.5 Å². The lowest BCUT2D eigenvalue weighted by Gasteiger charge is -2.18. The molecule has 0 spiro atoms. The summed E-state index contributed by atoms with van der Waals surface area (Å²) in [5.41, 5.74) is 1.69. The van der Waals surface area contributed by atoms with E-state index in [1.807, 2.05) is 31.2 Å². The Morgan fingerprint density at radius 1 is 1.39 bits per heavy atom. The monoisotopic (exact) mass is 250 g/mol. The maximum atomic E-state index is 12.1. The molecule has 0 saturated heterocycles. The molecular weight excluding hydrogens is 228 g/mol. The highest BCUT2D eigenvalue weighted by Gasteiger charge is 2.11. The van der Waals surface area contributed by atoms with E-state index in [0.717, 1.165) is 12.2 Å². The second-order valence-corrected chi connectivity index (χ2v) is 4.47. The molecule has 0 saturated carbocycles. The lowest BCUT2D eigenvalue weighted by molar-refractivity contribution is 0.0769. The van der Waals surface area contributed by atoms with Crippen molar-refractivity contribution in [2.75, 3.05) is 25.5 Å². The topological polar surface area (TPSA) is 52.6 Å². The maximum Gasteiger partial charge on any atom is 0.253 e. The van der Waals surface area contributed by atoms with Crippen molar-refractivity contribution < 1.29 is 9.90 Å². The van der Waals surface area contributed by atoms with E-state index in [9.17, 15) is 9.90 Å². The molecule has 0 aliphatic carbocycles. The summed E-state index contributed by atoms with van der Waals surface area (Å²) in [6.45, 7) is 5.18. The molecule has 4 nitrogen and oxygen atoms in total. The largest absolute Gasteiger partial charge is 0.393 e. The van der Waals surface area contributed by atoms with Crippen molar-refractivity contribution in [3.8, 4) is 0 Å². The highest BCUT2D eigenvalue weighted by Crippen LogP contribution is 2.11. The molecule has 1 rings (SSSR count). The third-order valence-electron chi connectivity index (χ3n) is 2.74. The van der Waals surface area contributed by atoms with Gasteiger partial charge < -0.3 is 15.3 Å². The van der Waals surface area contributed by atoms with Crippen LogP contribution >= 0.6 is 0 Å². The molecule has 0 aliphatic rings. The van der Waals surface area contributed by atoms with E-state index in [-0.39, 0.29) is 12.0 Å². The zero-order valence-corrected chi connectivity index (χ0v) is 11.3. The molecule has 0 aliphatic heterocycles. The van der Waals surface area contributed by atoms with Crippen LogP contribution in [-0.4, -0.2) is 42.2 Å². The van der Waals surface area contributed by atoms with Crippen molar-refractivity contribution in [2.24, 2.45) is 0 Å². The summed E-state index contributed by atoms with van der Waals surface area (Å²) in [5, 5.41) is 12.4. The van der Waals surface area contributed by atoms with Gasteiger partial charge >= 0.3 is 0 Å². The van der Waals surface area contributed by atoms with Gasteiger partial charge in [0.05, 0.1) is 6.10 Å². The maximum absolute atomic E-state index is 12.1. The molecule has 2 N–H and O–H groups in total. The molecule has 0 heterocycles. The molecule has 1 unspecified atom stereocenters. The lowest BCUT2D eigenvalue weighted by Crippen LogP contribution is -2.29. The number of amides is 1. The minimum atomic E-state index is -0.378.